The van der Waals surface area contributed by atoms with Crippen molar-refractivity contribution >= 4 is 23.2 Å². The lowest BCUT2D eigenvalue weighted by molar-refractivity contribution is 0.102. The van der Waals surface area contributed by atoms with Crippen molar-refractivity contribution in [3.8, 4) is 0 Å². The Morgan fingerprint density at radius 2 is 1.94 bits per heavy atom. The van der Waals surface area contributed by atoms with Crippen LogP contribution >= 0.6 is 11.6 Å². The molecule has 3 nitrogen and oxygen atoms in total. The fourth-order valence-electron chi connectivity index (χ4n) is 1.42. The Labute approximate surface area is 104 Å². The predicted molar refractivity (Wildman–Crippen MR) is 68.4 cm³/mol. The normalized spacial score (nSPS) is 10.0. The van der Waals surface area contributed by atoms with Crippen LogP contribution in [0.25, 0.3) is 0 Å². The molecular weight excluding hydrogens is 236 g/mol. The molecule has 0 fully saturated rings. The lowest BCUT2D eigenvalue weighted by Gasteiger charge is -2.05. The zero-order valence-electron chi connectivity index (χ0n) is 9.27. The number of halogens is 1. The van der Waals surface area contributed by atoms with E-state index >= 15 is 0 Å². The average molecular weight is 247 g/mol. The van der Waals surface area contributed by atoms with Crippen LogP contribution in [0.2, 0.25) is 5.02 Å². The van der Waals surface area contributed by atoms with Gasteiger partial charge >= 0.3 is 0 Å². The molecule has 1 aromatic heterocycles. The first kappa shape index (κ1) is 11.6. The van der Waals surface area contributed by atoms with Crippen molar-refractivity contribution in [3.05, 3.63) is 58.9 Å². The zero-order chi connectivity index (χ0) is 12.3. The first-order valence-corrected chi connectivity index (χ1v) is 5.52. The molecule has 2 aromatic rings. The lowest BCUT2D eigenvalue weighted by Crippen LogP contribution is -2.12. The molecule has 0 bridgehead atoms. The summed E-state index contributed by atoms with van der Waals surface area (Å²) in [6.07, 6.45) is 1.62. The summed E-state index contributed by atoms with van der Waals surface area (Å²) in [6, 6.07) is 10.4. The molecule has 0 radical (unpaired) electrons. The highest BCUT2D eigenvalue weighted by atomic mass is 35.5. The number of anilines is 1. The third kappa shape index (κ3) is 3.04. The smallest absolute Gasteiger partial charge is 0.255 e. The van der Waals surface area contributed by atoms with Gasteiger partial charge in [-0.15, -0.1) is 0 Å². The topological polar surface area (TPSA) is 42.0 Å². The quantitative estimate of drug-likeness (QED) is 0.884. The van der Waals surface area contributed by atoms with Gasteiger partial charge in [0.05, 0.1) is 0 Å². The molecule has 4 heteroatoms. The third-order valence-electron chi connectivity index (χ3n) is 2.26. The maximum Gasteiger partial charge on any atom is 0.255 e. The maximum absolute atomic E-state index is 11.9. The van der Waals surface area contributed by atoms with Crippen LogP contribution in [0.1, 0.15) is 16.1 Å². The summed E-state index contributed by atoms with van der Waals surface area (Å²) >= 11 is 5.77. The van der Waals surface area contributed by atoms with Crippen LogP contribution in [-0.2, 0) is 0 Å². The van der Waals surface area contributed by atoms with E-state index in [1.807, 2.05) is 6.92 Å². The fraction of sp³-hybridized carbons (Fsp3) is 0.0769. The van der Waals surface area contributed by atoms with Crippen LogP contribution in [0.15, 0.2) is 42.6 Å². The van der Waals surface area contributed by atoms with Crippen molar-refractivity contribution in [2.45, 2.75) is 6.92 Å². The Hall–Kier alpha value is -1.87. The Kier molecular flexibility index (Phi) is 3.40. The number of pyridine rings is 1. The van der Waals surface area contributed by atoms with E-state index in [0.717, 1.165) is 5.69 Å². The van der Waals surface area contributed by atoms with E-state index in [1.54, 1.807) is 42.6 Å². The zero-order valence-corrected chi connectivity index (χ0v) is 10.0. The maximum atomic E-state index is 11.9. The summed E-state index contributed by atoms with van der Waals surface area (Å²) in [7, 11) is 0. The Morgan fingerprint density at radius 3 is 2.59 bits per heavy atom. The van der Waals surface area contributed by atoms with Gasteiger partial charge in [-0.2, -0.15) is 0 Å². The van der Waals surface area contributed by atoms with Crippen molar-refractivity contribution in [2.75, 3.05) is 5.32 Å². The highest BCUT2D eigenvalue weighted by molar-refractivity contribution is 6.30. The van der Waals surface area contributed by atoms with Crippen LogP contribution in [-0.4, -0.2) is 10.9 Å². The number of rotatable bonds is 2. The largest absolute Gasteiger partial charge is 0.322 e. The van der Waals surface area contributed by atoms with E-state index in [1.165, 1.54) is 0 Å². The number of nitrogens with one attached hydrogen (secondary N) is 1. The minimum atomic E-state index is -0.155. The van der Waals surface area contributed by atoms with E-state index in [4.69, 9.17) is 11.6 Å². The summed E-state index contributed by atoms with van der Waals surface area (Å²) in [6.45, 7) is 1.85. The number of carbonyl (C=O) groups is 1. The van der Waals surface area contributed by atoms with Crippen molar-refractivity contribution < 1.29 is 4.79 Å². The number of aromatic nitrogens is 1. The molecule has 0 spiro atoms. The number of hydrogen-bond acceptors (Lipinski definition) is 2. The van der Waals surface area contributed by atoms with Crippen molar-refractivity contribution in [1.82, 2.24) is 4.98 Å². The van der Waals surface area contributed by atoms with Crippen LogP contribution in [0, 0.1) is 6.92 Å². The molecule has 0 saturated carbocycles. The van der Waals surface area contributed by atoms with Crippen molar-refractivity contribution in [1.29, 1.82) is 0 Å². The number of aryl methyl sites for hydroxylation is 1. The van der Waals surface area contributed by atoms with Crippen LogP contribution < -0.4 is 5.32 Å². The standard InChI is InChI=1S/C13H11ClN2O/c1-9-8-10(6-7-15-9)13(17)16-12-4-2-11(14)3-5-12/h2-8H,1H3,(H,16,17). The van der Waals surface area contributed by atoms with Gasteiger partial charge in [0, 0.05) is 28.2 Å². The summed E-state index contributed by atoms with van der Waals surface area (Å²) < 4.78 is 0. The monoisotopic (exact) mass is 246 g/mol. The Morgan fingerprint density at radius 1 is 1.24 bits per heavy atom. The summed E-state index contributed by atoms with van der Waals surface area (Å²) in [5.74, 6) is -0.155. The fourth-order valence-corrected chi connectivity index (χ4v) is 1.55. The second-order valence-electron chi connectivity index (χ2n) is 3.65. The van der Waals surface area contributed by atoms with Crippen molar-refractivity contribution in [2.24, 2.45) is 0 Å². The highest BCUT2D eigenvalue weighted by Crippen LogP contribution is 2.14. The van der Waals surface area contributed by atoms with E-state index in [9.17, 15) is 4.79 Å². The molecule has 0 aliphatic heterocycles. The highest BCUT2D eigenvalue weighted by Gasteiger charge is 2.05. The molecule has 1 N–H and O–H groups in total. The SMILES string of the molecule is Cc1cc(C(=O)Nc2ccc(Cl)cc2)ccn1. The number of benzene rings is 1. The van der Waals surface area contributed by atoms with Crippen molar-refractivity contribution in [3.63, 3.8) is 0 Å². The molecule has 0 unspecified atom stereocenters. The van der Waals surface area contributed by atoms with Gasteiger partial charge in [0.2, 0.25) is 0 Å². The van der Waals surface area contributed by atoms with Crippen LogP contribution in [0.5, 0.6) is 0 Å². The minimum Gasteiger partial charge on any atom is -0.322 e. The minimum absolute atomic E-state index is 0.155. The van der Waals surface area contributed by atoms with Gasteiger partial charge in [-0.25, -0.2) is 0 Å². The molecule has 1 amide bonds. The Bertz CT molecular complexity index is 537. The molecule has 0 aliphatic carbocycles. The number of amides is 1. The van der Waals surface area contributed by atoms with Gasteiger partial charge in [0.15, 0.2) is 0 Å². The second kappa shape index (κ2) is 4.97. The van der Waals surface area contributed by atoms with E-state index in [0.29, 0.717) is 16.3 Å². The van der Waals surface area contributed by atoms with E-state index < -0.39 is 0 Å². The van der Waals surface area contributed by atoms with E-state index in [-0.39, 0.29) is 5.91 Å². The number of carbonyl (C=O) groups excluding carboxylic acids is 1. The third-order valence-corrected chi connectivity index (χ3v) is 2.51. The molecule has 86 valence electrons. The summed E-state index contributed by atoms with van der Waals surface area (Å²) in [5.41, 5.74) is 2.12. The molecule has 1 heterocycles. The molecule has 0 atom stereocenters. The molecular formula is C13H11ClN2O. The van der Waals surface area contributed by atoms with Gasteiger partial charge in [-0.3, -0.25) is 9.78 Å². The summed E-state index contributed by atoms with van der Waals surface area (Å²) in [4.78, 5) is 15.9. The molecule has 1 aromatic carbocycles. The molecule has 0 aliphatic rings. The predicted octanol–water partition coefficient (Wildman–Crippen LogP) is 3.30. The van der Waals surface area contributed by atoms with Gasteiger partial charge in [0.1, 0.15) is 0 Å². The molecule has 2 rings (SSSR count). The van der Waals surface area contributed by atoms with Gasteiger partial charge < -0.3 is 5.32 Å². The van der Waals surface area contributed by atoms with Crippen LogP contribution in [0.3, 0.4) is 0 Å². The number of nitrogens with zero attached hydrogens (tertiary/aromatic N) is 1. The Balaban J connectivity index is 2.14. The number of hydrogen-bond donors (Lipinski definition) is 1. The van der Waals surface area contributed by atoms with Crippen LogP contribution in [0.4, 0.5) is 5.69 Å². The van der Waals surface area contributed by atoms with E-state index in [2.05, 4.69) is 10.3 Å². The van der Waals surface area contributed by atoms with Gasteiger partial charge in [0.25, 0.3) is 5.91 Å². The first-order valence-electron chi connectivity index (χ1n) is 5.15. The molecule has 0 saturated heterocycles. The van der Waals surface area contributed by atoms with Gasteiger partial charge in [-0.05, 0) is 43.3 Å². The average Bonchev–Trinajstić information content (AvgIpc) is 2.32. The van der Waals surface area contributed by atoms with Gasteiger partial charge in [-0.1, -0.05) is 11.6 Å². The molecule has 17 heavy (non-hydrogen) atoms. The first-order chi connectivity index (χ1) is 8.15. The summed E-state index contributed by atoms with van der Waals surface area (Å²) in [5, 5.41) is 3.43. The lowest BCUT2D eigenvalue weighted by atomic mass is 10.2. The second-order valence-corrected chi connectivity index (χ2v) is 4.08.